The molecule has 0 N–H and O–H groups in total. The van der Waals surface area contributed by atoms with E-state index in [4.69, 9.17) is 4.74 Å². The van der Waals surface area contributed by atoms with Crippen LogP contribution in [0.1, 0.15) is 41.7 Å². The molecule has 2 bridgehead atoms. The summed E-state index contributed by atoms with van der Waals surface area (Å²) in [6.07, 6.45) is 4.48. The van der Waals surface area contributed by atoms with Crippen LogP contribution in [-0.2, 0) is 0 Å². The summed E-state index contributed by atoms with van der Waals surface area (Å²) in [6.45, 7) is 1.89. The largest absolute Gasteiger partial charge is 0.481 e. The molecule has 0 aromatic carbocycles. The number of aromatic nitrogens is 1. The molecule has 108 valence electrons. The third-order valence-corrected chi connectivity index (χ3v) is 5.00. The number of hydrogen-bond acceptors (Lipinski definition) is 4. The number of fused-ring (bicyclic) bond motifs is 2. The maximum Gasteiger partial charge on any atom is 0.213 e. The number of aryl methyl sites for hydroxylation is 1. The van der Waals surface area contributed by atoms with Crippen LogP contribution >= 0.6 is 0 Å². The normalized spacial score (nSPS) is 29.4. The van der Waals surface area contributed by atoms with Gasteiger partial charge in [-0.1, -0.05) is 0 Å². The van der Waals surface area contributed by atoms with E-state index in [9.17, 15) is 4.79 Å². The van der Waals surface area contributed by atoms with Gasteiger partial charge in [0, 0.05) is 29.6 Å². The lowest BCUT2D eigenvalue weighted by Gasteiger charge is -2.35. The van der Waals surface area contributed by atoms with Gasteiger partial charge in [-0.05, 0) is 45.7 Å². The quantitative estimate of drug-likeness (QED) is 0.794. The Bertz CT molecular complexity index is 515. The first kappa shape index (κ1) is 13.6. The van der Waals surface area contributed by atoms with E-state index >= 15 is 0 Å². The zero-order valence-electron chi connectivity index (χ0n) is 12.4. The van der Waals surface area contributed by atoms with Gasteiger partial charge in [0.05, 0.1) is 12.8 Å². The van der Waals surface area contributed by atoms with Gasteiger partial charge in [0.15, 0.2) is 5.78 Å². The summed E-state index contributed by atoms with van der Waals surface area (Å²) < 4.78 is 5.10. The second kappa shape index (κ2) is 5.17. The summed E-state index contributed by atoms with van der Waals surface area (Å²) in [6, 6.07) is 4.83. The molecule has 0 saturated carbocycles. The standard InChI is InChI=1S/C16H22N2O2/c1-10-14(6-7-15(17-10)20-3)16(19)11-8-12-4-5-13(9-11)18(12)2/h6-7,11-13H,4-5,8-9H2,1-3H3. The fourth-order valence-electron chi connectivity index (χ4n) is 3.76. The minimum absolute atomic E-state index is 0.164. The van der Waals surface area contributed by atoms with Crippen LogP contribution in [0.3, 0.4) is 0 Å². The number of piperidine rings is 1. The highest BCUT2D eigenvalue weighted by Crippen LogP contribution is 2.38. The van der Waals surface area contributed by atoms with Crippen LogP contribution in [0.25, 0.3) is 0 Å². The van der Waals surface area contributed by atoms with E-state index in [1.165, 1.54) is 12.8 Å². The Morgan fingerprint density at radius 1 is 1.30 bits per heavy atom. The molecule has 1 aromatic rings. The fraction of sp³-hybridized carbons (Fsp3) is 0.625. The van der Waals surface area contributed by atoms with Crippen LogP contribution in [0, 0.1) is 12.8 Å². The van der Waals surface area contributed by atoms with Crippen molar-refractivity contribution in [2.75, 3.05) is 14.2 Å². The number of hydrogen-bond donors (Lipinski definition) is 0. The number of ether oxygens (including phenoxy) is 1. The number of ketones is 1. The minimum Gasteiger partial charge on any atom is -0.481 e. The maximum atomic E-state index is 12.7. The van der Waals surface area contributed by atoms with Crippen molar-refractivity contribution in [1.29, 1.82) is 0 Å². The van der Waals surface area contributed by atoms with Crippen LogP contribution in [0.5, 0.6) is 5.88 Å². The highest BCUT2D eigenvalue weighted by molar-refractivity contribution is 5.99. The van der Waals surface area contributed by atoms with Gasteiger partial charge in [-0.2, -0.15) is 0 Å². The van der Waals surface area contributed by atoms with E-state index in [2.05, 4.69) is 16.9 Å². The van der Waals surface area contributed by atoms with Gasteiger partial charge in [-0.25, -0.2) is 4.98 Å². The van der Waals surface area contributed by atoms with Crippen LogP contribution in [0.4, 0.5) is 0 Å². The summed E-state index contributed by atoms with van der Waals surface area (Å²) in [7, 11) is 3.79. The molecular formula is C16H22N2O2. The first-order valence-corrected chi connectivity index (χ1v) is 7.38. The van der Waals surface area contributed by atoms with Crippen LogP contribution in [0.15, 0.2) is 12.1 Å². The molecule has 20 heavy (non-hydrogen) atoms. The van der Waals surface area contributed by atoms with E-state index in [1.807, 2.05) is 13.0 Å². The lowest BCUT2D eigenvalue weighted by Crippen LogP contribution is -2.42. The molecule has 2 aliphatic rings. The Morgan fingerprint density at radius 3 is 2.50 bits per heavy atom. The second-order valence-electron chi connectivity index (χ2n) is 6.07. The van der Waals surface area contributed by atoms with Crippen molar-refractivity contribution < 1.29 is 9.53 Å². The van der Waals surface area contributed by atoms with E-state index in [1.54, 1.807) is 13.2 Å². The van der Waals surface area contributed by atoms with Crippen molar-refractivity contribution in [2.45, 2.75) is 44.7 Å². The zero-order valence-corrected chi connectivity index (χ0v) is 12.4. The Labute approximate surface area is 120 Å². The number of carbonyl (C=O) groups is 1. The molecule has 3 rings (SSSR count). The maximum absolute atomic E-state index is 12.7. The van der Waals surface area contributed by atoms with Gasteiger partial charge in [0.25, 0.3) is 0 Å². The fourth-order valence-corrected chi connectivity index (χ4v) is 3.76. The Morgan fingerprint density at radius 2 is 1.95 bits per heavy atom. The van der Waals surface area contributed by atoms with Gasteiger partial charge in [0.2, 0.25) is 5.88 Å². The molecule has 1 aromatic heterocycles. The summed E-state index contributed by atoms with van der Waals surface area (Å²) in [4.78, 5) is 19.5. The molecule has 2 fully saturated rings. The highest BCUT2D eigenvalue weighted by atomic mass is 16.5. The lowest BCUT2D eigenvalue weighted by atomic mass is 9.84. The first-order chi connectivity index (χ1) is 9.60. The van der Waals surface area contributed by atoms with E-state index < -0.39 is 0 Å². The predicted octanol–water partition coefficient (Wildman–Crippen LogP) is 2.45. The van der Waals surface area contributed by atoms with Gasteiger partial charge in [-0.3, -0.25) is 4.79 Å². The van der Waals surface area contributed by atoms with E-state index in [0.717, 1.165) is 24.1 Å². The highest BCUT2D eigenvalue weighted by Gasteiger charge is 2.41. The Kier molecular flexibility index (Phi) is 3.50. The molecule has 3 heterocycles. The molecule has 2 unspecified atom stereocenters. The Balaban J connectivity index is 1.80. The third-order valence-electron chi connectivity index (χ3n) is 5.00. The monoisotopic (exact) mass is 274 g/mol. The zero-order chi connectivity index (χ0) is 14.3. The number of rotatable bonds is 3. The summed E-state index contributed by atoms with van der Waals surface area (Å²) >= 11 is 0. The number of pyridine rings is 1. The van der Waals surface area contributed by atoms with Gasteiger partial charge in [-0.15, -0.1) is 0 Å². The van der Waals surface area contributed by atoms with Crippen molar-refractivity contribution in [3.8, 4) is 5.88 Å². The SMILES string of the molecule is COc1ccc(C(=O)C2CC3CCC(C2)N3C)c(C)n1. The molecule has 0 radical (unpaired) electrons. The molecule has 2 aliphatic heterocycles. The van der Waals surface area contributed by atoms with Crippen LogP contribution in [-0.4, -0.2) is 41.9 Å². The van der Waals surface area contributed by atoms with Crippen LogP contribution < -0.4 is 4.74 Å². The molecule has 0 spiro atoms. The smallest absolute Gasteiger partial charge is 0.213 e. The molecule has 0 aliphatic carbocycles. The third kappa shape index (κ3) is 2.22. The van der Waals surface area contributed by atoms with E-state index in [0.29, 0.717) is 18.0 Å². The van der Waals surface area contributed by atoms with Crippen LogP contribution in [0.2, 0.25) is 0 Å². The molecule has 4 nitrogen and oxygen atoms in total. The summed E-state index contributed by atoms with van der Waals surface area (Å²) in [5.41, 5.74) is 1.54. The minimum atomic E-state index is 0.164. The number of nitrogens with zero attached hydrogens (tertiary/aromatic N) is 2. The van der Waals surface area contributed by atoms with E-state index in [-0.39, 0.29) is 11.7 Å². The second-order valence-corrected chi connectivity index (χ2v) is 6.07. The molecular weight excluding hydrogens is 252 g/mol. The number of Topliss-reactive ketones (excluding diaryl/α,β-unsaturated/α-hetero) is 1. The first-order valence-electron chi connectivity index (χ1n) is 7.38. The molecule has 2 atom stereocenters. The van der Waals surface area contributed by atoms with Gasteiger partial charge >= 0.3 is 0 Å². The summed E-state index contributed by atoms with van der Waals surface area (Å²) in [5, 5.41) is 0. The average molecular weight is 274 g/mol. The summed E-state index contributed by atoms with van der Waals surface area (Å²) in [5.74, 6) is 1.00. The number of methoxy groups -OCH3 is 1. The average Bonchev–Trinajstić information content (AvgIpc) is 2.67. The molecule has 2 saturated heterocycles. The van der Waals surface area contributed by atoms with Crippen molar-refractivity contribution in [3.63, 3.8) is 0 Å². The van der Waals surface area contributed by atoms with Crippen molar-refractivity contribution in [1.82, 2.24) is 9.88 Å². The Hall–Kier alpha value is -1.42. The molecule has 4 heteroatoms. The van der Waals surface area contributed by atoms with Gasteiger partial charge in [0.1, 0.15) is 0 Å². The van der Waals surface area contributed by atoms with Gasteiger partial charge < -0.3 is 9.64 Å². The topological polar surface area (TPSA) is 42.4 Å². The number of carbonyl (C=O) groups excluding carboxylic acids is 1. The lowest BCUT2D eigenvalue weighted by molar-refractivity contribution is 0.0766. The molecule has 0 amide bonds. The van der Waals surface area contributed by atoms with Crippen molar-refractivity contribution >= 4 is 5.78 Å². The van der Waals surface area contributed by atoms with Crippen molar-refractivity contribution in [3.05, 3.63) is 23.4 Å². The predicted molar refractivity (Wildman–Crippen MR) is 77.2 cm³/mol. The van der Waals surface area contributed by atoms with Crippen molar-refractivity contribution in [2.24, 2.45) is 5.92 Å².